The molecule has 1 fully saturated rings. The molecule has 3 rings (SSSR count). The van der Waals surface area contributed by atoms with Crippen LogP contribution in [0.3, 0.4) is 0 Å². The van der Waals surface area contributed by atoms with Gasteiger partial charge in [0.05, 0.1) is 0 Å². The molecule has 23 heavy (non-hydrogen) atoms. The van der Waals surface area contributed by atoms with Gasteiger partial charge in [0.25, 0.3) is 0 Å². The highest BCUT2D eigenvalue weighted by Crippen LogP contribution is 2.26. The van der Waals surface area contributed by atoms with Crippen molar-refractivity contribution in [3.05, 3.63) is 52.3 Å². The Kier molecular flexibility index (Phi) is 4.45. The van der Waals surface area contributed by atoms with Gasteiger partial charge in [-0.25, -0.2) is 9.59 Å². The number of carbonyl (C=O) groups excluding carboxylic acids is 1. The van der Waals surface area contributed by atoms with Crippen LogP contribution in [0.1, 0.15) is 30.2 Å². The van der Waals surface area contributed by atoms with E-state index >= 15 is 0 Å². The number of carbonyl (C=O) groups is 1. The number of benzene rings is 1. The molecule has 0 radical (unpaired) electrons. The Hall–Kier alpha value is -2.57. The molecule has 0 spiro atoms. The molecule has 122 valence electrons. The molecule has 2 heterocycles. The van der Waals surface area contributed by atoms with Crippen molar-refractivity contribution in [2.24, 2.45) is 7.05 Å². The Bertz CT molecular complexity index is 714. The normalized spacial score (nSPS) is 15.6. The molecule has 1 amide bonds. The molecule has 0 aliphatic carbocycles. The average Bonchev–Trinajstić information content (AvgIpc) is 2.93. The molecule has 1 aliphatic heterocycles. The van der Waals surface area contributed by atoms with Gasteiger partial charge in [0.2, 0.25) is 5.89 Å². The number of hydrogen-bond donors (Lipinski definition) is 0. The van der Waals surface area contributed by atoms with Crippen LogP contribution in [0, 0.1) is 0 Å². The van der Waals surface area contributed by atoms with Gasteiger partial charge in [-0.15, -0.1) is 5.10 Å². The molecule has 7 nitrogen and oxygen atoms in total. The summed E-state index contributed by atoms with van der Waals surface area (Å²) in [6.07, 6.45) is 1.11. The van der Waals surface area contributed by atoms with E-state index in [2.05, 4.69) is 5.10 Å². The van der Waals surface area contributed by atoms with Crippen molar-refractivity contribution in [1.29, 1.82) is 0 Å². The lowest BCUT2D eigenvalue weighted by Crippen LogP contribution is -2.38. The van der Waals surface area contributed by atoms with E-state index in [0.29, 0.717) is 31.8 Å². The second-order valence-electron chi connectivity index (χ2n) is 5.63. The fourth-order valence-electron chi connectivity index (χ4n) is 2.65. The highest BCUT2D eigenvalue weighted by molar-refractivity contribution is 5.67. The van der Waals surface area contributed by atoms with E-state index in [9.17, 15) is 9.59 Å². The first-order valence-electron chi connectivity index (χ1n) is 7.63. The van der Waals surface area contributed by atoms with Gasteiger partial charge in [-0.3, -0.25) is 0 Å². The Morgan fingerprint density at radius 3 is 2.61 bits per heavy atom. The number of piperidine rings is 1. The lowest BCUT2D eigenvalue weighted by Gasteiger charge is -2.29. The third-order valence-electron chi connectivity index (χ3n) is 4.01. The molecule has 0 saturated carbocycles. The third-order valence-corrected chi connectivity index (χ3v) is 4.01. The quantitative estimate of drug-likeness (QED) is 0.864. The molecule has 1 aliphatic rings. The van der Waals surface area contributed by atoms with E-state index in [-0.39, 0.29) is 18.6 Å². The van der Waals surface area contributed by atoms with E-state index in [1.165, 1.54) is 4.68 Å². The van der Waals surface area contributed by atoms with Crippen LogP contribution >= 0.6 is 0 Å². The maximum Gasteiger partial charge on any atom is 0.436 e. The standard InChI is InChI=1S/C16H19N3O4/c1-18-15(20)23-14(17-18)13-7-9-19(10-8-13)16(21)22-11-12-5-3-2-4-6-12/h2-6,13H,7-11H2,1H3. The van der Waals surface area contributed by atoms with E-state index in [4.69, 9.17) is 9.15 Å². The zero-order valence-electron chi connectivity index (χ0n) is 13.0. The van der Waals surface area contributed by atoms with Crippen LogP contribution in [0.4, 0.5) is 4.79 Å². The number of aromatic nitrogens is 2. The van der Waals surface area contributed by atoms with E-state index in [0.717, 1.165) is 5.56 Å². The van der Waals surface area contributed by atoms with Crippen LogP contribution in [0.5, 0.6) is 0 Å². The minimum absolute atomic E-state index is 0.0714. The average molecular weight is 317 g/mol. The van der Waals surface area contributed by atoms with Crippen molar-refractivity contribution in [3.63, 3.8) is 0 Å². The molecule has 7 heteroatoms. The van der Waals surface area contributed by atoms with Gasteiger partial charge in [0, 0.05) is 26.1 Å². The molecule has 0 unspecified atom stereocenters. The lowest BCUT2D eigenvalue weighted by molar-refractivity contribution is 0.0855. The topological polar surface area (TPSA) is 77.6 Å². The molecule has 1 aromatic carbocycles. The predicted molar refractivity (Wildman–Crippen MR) is 81.9 cm³/mol. The van der Waals surface area contributed by atoms with E-state index < -0.39 is 5.76 Å². The van der Waals surface area contributed by atoms with Crippen LogP contribution < -0.4 is 5.76 Å². The third kappa shape index (κ3) is 3.61. The van der Waals surface area contributed by atoms with Gasteiger partial charge in [0.1, 0.15) is 6.61 Å². The van der Waals surface area contributed by atoms with Gasteiger partial charge >= 0.3 is 11.8 Å². The number of ether oxygens (including phenoxy) is 1. The fourth-order valence-corrected chi connectivity index (χ4v) is 2.65. The summed E-state index contributed by atoms with van der Waals surface area (Å²) < 4.78 is 11.6. The van der Waals surface area contributed by atoms with Gasteiger partial charge in [-0.1, -0.05) is 30.3 Å². The fraction of sp³-hybridized carbons (Fsp3) is 0.438. The molecule has 0 N–H and O–H groups in total. The maximum atomic E-state index is 12.1. The Balaban J connectivity index is 1.50. The zero-order chi connectivity index (χ0) is 16.2. The SMILES string of the molecule is Cn1nc(C2CCN(C(=O)OCc3ccccc3)CC2)oc1=O. The van der Waals surface area contributed by atoms with Gasteiger partial charge in [-0.2, -0.15) is 4.68 Å². The van der Waals surface area contributed by atoms with Gasteiger partial charge < -0.3 is 14.1 Å². The molecule has 1 saturated heterocycles. The van der Waals surface area contributed by atoms with Crippen molar-refractivity contribution in [3.8, 4) is 0 Å². The number of hydrogen-bond acceptors (Lipinski definition) is 5. The largest absolute Gasteiger partial charge is 0.445 e. The smallest absolute Gasteiger partial charge is 0.436 e. The van der Waals surface area contributed by atoms with Gasteiger partial charge in [0.15, 0.2) is 0 Å². The summed E-state index contributed by atoms with van der Waals surface area (Å²) in [6.45, 7) is 1.41. The Labute approximate surface area is 133 Å². The number of rotatable bonds is 3. The van der Waals surface area contributed by atoms with Crippen LogP contribution in [-0.4, -0.2) is 33.9 Å². The molecule has 0 atom stereocenters. The second kappa shape index (κ2) is 6.68. The van der Waals surface area contributed by atoms with Crippen molar-refractivity contribution < 1.29 is 13.9 Å². The van der Waals surface area contributed by atoms with E-state index in [1.807, 2.05) is 30.3 Å². The monoisotopic (exact) mass is 317 g/mol. The van der Waals surface area contributed by atoms with Crippen molar-refractivity contribution >= 4 is 6.09 Å². The zero-order valence-corrected chi connectivity index (χ0v) is 13.0. The number of nitrogens with zero attached hydrogens (tertiary/aromatic N) is 3. The summed E-state index contributed by atoms with van der Waals surface area (Å²) in [5.41, 5.74) is 0.964. The lowest BCUT2D eigenvalue weighted by atomic mass is 9.97. The Morgan fingerprint density at radius 2 is 2.00 bits per heavy atom. The summed E-state index contributed by atoms with van der Waals surface area (Å²) in [7, 11) is 1.56. The molecule has 2 aromatic rings. The summed E-state index contributed by atoms with van der Waals surface area (Å²) in [5, 5.41) is 4.08. The van der Waals surface area contributed by atoms with Crippen molar-refractivity contribution in [1.82, 2.24) is 14.7 Å². The molecular formula is C16H19N3O4. The molecule has 0 bridgehead atoms. The number of likely N-dealkylation sites (tertiary alicyclic amines) is 1. The first-order valence-corrected chi connectivity index (χ1v) is 7.63. The number of aryl methyl sites for hydroxylation is 1. The van der Waals surface area contributed by atoms with Crippen molar-refractivity contribution in [2.45, 2.75) is 25.4 Å². The van der Waals surface area contributed by atoms with Gasteiger partial charge in [-0.05, 0) is 18.4 Å². The van der Waals surface area contributed by atoms with Crippen LogP contribution in [-0.2, 0) is 18.4 Å². The van der Waals surface area contributed by atoms with Crippen molar-refractivity contribution in [2.75, 3.05) is 13.1 Å². The predicted octanol–water partition coefficient (Wildman–Crippen LogP) is 1.89. The second-order valence-corrected chi connectivity index (χ2v) is 5.63. The first kappa shape index (κ1) is 15.3. The molecular weight excluding hydrogens is 298 g/mol. The number of amides is 1. The van der Waals surface area contributed by atoms with Crippen LogP contribution in [0.15, 0.2) is 39.5 Å². The molecule has 1 aromatic heterocycles. The van der Waals surface area contributed by atoms with Crippen LogP contribution in [0.25, 0.3) is 0 Å². The van der Waals surface area contributed by atoms with Crippen LogP contribution in [0.2, 0.25) is 0 Å². The summed E-state index contributed by atoms with van der Waals surface area (Å²) in [4.78, 5) is 25.1. The highest BCUT2D eigenvalue weighted by atomic mass is 16.6. The van der Waals surface area contributed by atoms with E-state index in [1.54, 1.807) is 11.9 Å². The first-order chi connectivity index (χ1) is 11.1. The Morgan fingerprint density at radius 1 is 1.30 bits per heavy atom. The highest BCUT2D eigenvalue weighted by Gasteiger charge is 2.28. The maximum absolute atomic E-state index is 12.1. The minimum atomic E-state index is -0.454. The summed E-state index contributed by atoms with van der Waals surface area (Å²) in [5.74, 6) is 0.0709. The summed E-state index contributed by atoms with van der Waals surface area (Å²) in [6, 6.07) is 9.59. The summed E-state index contributed by atoms with van der Waals surface area (Å²) >= 11 is 0. The minimum Gasteiger partial charge on any atom is -0.445 e.